The summed E-state index contributed by atoms with van der Waals surface area (Å²) in [5.74, 6) is -0.600. The van der Waals surface area contributed by atoms with Gasteiger partial charge in [0.15, 0.2) is 5.69 Å². The third kappa shape index (κ3) is 4.28. The number of sulfonamides is 1. The smallest absolute Gasteiger partial charge is 0.275 e. The Bertz CT molecular complexity index is 626. The fourth-order valence-electron chi connectivity index (χ4n) is 2.13. The lowest BCUT2D eigenvalue weighted by atomic mass is 9.96. The van der Waals surface area contributed by atoms with E-state index in [1.54, 1.807) is 20.9 Å². The van der Waals surface area contributed by atoms with Gasteiger partial charge in [-0.05, 0) is 11.3 Å². The Hall–Kier alpha value is -1.41. The van der Waals surface area contributed by atoms with Gasteiger partial charge in [-0.1, -0.05) is 34.6 Å². The molecular formula is C13H24N4O3S. The highest BCUT2D eigenvalue weighted by molar-refractivity contribution is 7.89. The van der Waals surface area contributed by atoms with Gasteiger partial charge in [-0.15, -0.1) is 0 Å². The number of aromatic amines is 1. The molecule has 0 aliphatic rings. The van der Waals surface area contributed by atoms with E-state index in [4.69, 9.17) is 5.14 Å². The van der Waals surface area contributed by atoms with E-state index in [1.165, 1.54) is 4.90 Å². The van der Waals surface area contributed by atoms with Crippen LogP contribution in [0.1, 0.15) is 56.7 Å². The van der Waals surface area contributed by atoms with Crippen molar-refractivity contribution in [3.63, 3.8) is 0 Å². The van der Waals surface area contributed by atoms with Crippen LogP contribution in [0.2, 0.25) is 0 Å². The second-order valence-corrected chi connectivity index (χ2v) is 8.23. The van der Waals surface area contributed by atoms with Gasteiger partial charge in [0.05, 0.1) is 5.69 Å². The standard InChI is InChI=1S/C13H24N4O3S/c1-8(2)9-11(21(14,19)20)10(16-15-9)12(18)17(6)7-13(3,4)5/h8H,7H2,1-6H3,(H,15,16)(H2,14,19,20). The number of nitrogens with two attached hydrogens (primary N) is 1. The van der Waals surface area contributed by atoms with Crippen LogP contribution in [0.5, 0.6) is 0 Å². The molecule has 0 aliphatic heterocycles. The fraction of sp³-hybridized carbons (Fsp3) is 0.692. The van der Waals surface area contributed by atoms with Gasteiger partial charge in [0.2, 0.25) is 10.0 Å². The molecule has 21 heavy (non-hydrogen) atoms. The second kappa shape index (κ2) is 5.76. The first-order valence-electron chi connectivity index (χ1n) is 6.71. The maximum atomic E-state index is 12.4. The average molecular weight is 316 g/mol. The Morgan fingerprint density at radius 1 is 1.38 bits per heavy atom. The van der Waals surface area contributed by atoms with Gasteiger partial charge in [0.25, 0.3) is 5.91 Å². The van der Waals surface area contributed by atoms with Crippen LogP contribution in [0, 0.1) is 5.41 Å². The van der Waals surface area contributed by atoms with Crippen LogP contribution in [-0.4, -0.2) is 43.0 Å². The summed E-state index contributed by atoms with van der Waals surface area (Å²) < 4.78 is 23.6. The van der Waals surface area contributed by atoms with E-state index in [2.05, 4.69) is 10.2 Å². The van der Waals surface area contributed by atoms with E-state index < -0.39 is 15.9 Å². The van der Waals surface area contributed by atoms with Crippen molar-refractivity contribution in [2.45, 2.75) is 45.4 Å². The molecule has 1 aromatic heterocycles. The minimum atomic E-state index is -4.03. The first-order valence-corrected chi connectivity index (χ1v) is 8.25. The maximum absolute atomic E-state index is 12.4. The summed E-state index contributed by atoms with van der Waals surface area (Å²) in [4.78, 5) is 13.7. The lowest BCUT2D eigenvalue weighted by molar-refractivity contribution is 0.0736. The Balaban J connectivity index is 3.29. The zero-order valence-corrected chi connectivity index (χ0v) is 14.2. The summed E-state index contributed by atoms with van der Waals surface area (Å²) in [5, 5.41) is 11.7. The van der Waals surface area contributed by atoms with Crippen molar-refractivity contribution in [1.29, 1.82) is 0 Å². The Morgan fingerprint density at radius 2 is 1.90 bits per heavy atom. The van der Waals surface area contributed by atoms with Crippen LogP contribution in [0.4, 0.5) is 0 Å². The molecule has 1 heterocycles. The van der Waals surface area contributed by atoms with E-state index in [0.29, 0.717) is 12.2 Å². The average Bonchev–Trinajstić information content (AvgIpc) is 2.69. The van der Waals surface area contributed by atoms with Crippen LogP contribution >= 0.6 is 0 Å². The van der Waals surface area contributed by atoms with Crippen LogP contribution in [0.3, 0.4) is 0 Å². The predicted molar refractivity (Wildman–Crippen MR) is 80.5 cm³/mol. The van der Waals surface area contributed by atoms with Crippen LogP contribution in [0.25, 0.3) is 0 Å². The predicted octanol–water partition coefficient (Wildman–Crippen LogP) is 1.30. The number of hydrogen-bond acceptors (Lipinski definition) is 4. The number of nitrogens with one attached hydrogen (secondary N) is 1. The molecule has 1 rings (SSSR count). The zero-order valence-electron chi connectivity index (χ0n) is 13.4. The number of rotatable bonds is 4. The van der Waals surface area contributed by atoms with Crippen LogP contribution < -0.4 is 5.14 Å². The summed E-state index contributed by atoms with van der Waals surface area (Å²) in [6, 6.07) is 0. The first kappa shape index (κ1) is 17.6. The van der Waals surface area contributed by atoms with Gasteiger partial charge < -0.3 is 4.90 Å². The summed E-state index contributed by atoms with van der Waals surface area (Å²) in [7, 11) is -2.41. The molecule has 120 valence electrons. The number of primary sulfonamides is 1. The summed E-state index contributed by atoms with van der Waals surface area (Å²) in [6.45, 7) is 10.0. The Morgan fingerprint density at radius 3 is 2.29 bits per heavy atom. The Kier molecular flexibility index (Phi) is 4.84. The highest BCUT2D eigenvalue weighted by atomic mass is 32.2. The van der Waals surface area contributed by atoms with E-state index in [1.807, 2.05) is 20.8 Å². The fourth-order valence-corrected chi connectivity index (χ4v) is 3.12. The molecular weight excluding hydrogens is 292 g/mol. The maximum Gasteiger partial charge on any atom is 0.275 e. The topological polar surface area (TPSA) is 109 Å². The number of carbonyl (C=O) groups is 1. The quantitative estimate of drug-likeness (QED) is 0.872. The molecule has 0 aromatic carbocycles. The van der Waals surface area contributed by atoms with Crippen LogP contribution in [0.15, 0.2) is 4.90 Å². The van der Waals surface area contributed by atoms with Crippen LogP contribution in [-0.2, 0) is 10.0 Å². The highest BCUT2D eigenvalue weighted by Gasteiger charge is 2.31. The zero-order chi connectivity index (χ0) is 16.6. The molecule has 0 bridgehead atoms. The van der Waals surface area contributed by atoms with Crippen molar-refractivity contribution >= 4 is 15.9 Å². The molecule has 0 fully saturated rings. The van der Waals surface area contributed by atoms with E-state index in [0.717, 1.165) is 0 Å². The molecule has 0 saturated heterocycles. The number of nitrogens with zero attached hydrogens (tertiary/aromatic N) is 2. The molecule has 3 N–H and O–H groups in total. The molecule has 1 amide bonds. The molecule has 0 unspecified atom stereocenters. The van der Waals surface area contributed by atoms with Crippen molar-refractivity contribution < 1.29 is 13.2 Å². The van der Waals surface area contributed by atoms with Crippen molar-refractivity contribution in [2.75, 3.05) is 13.6 Å². The molecule has 0 spiro atoms. The van der Waals surface area contributed by atoms with Gasteiger partial charge in [-0.25, -0.2) is 13.6 Å². The number of carbonyl (C=O) groups excluding carboxylic acids is 1. The van der Waals surface area contributed by atoms with Gasteiger partial charge in [-0.3, -0.25) is 9.89 Å². The van der Waals surface area contributed by atoms with Gasteiger partial charge in [0, 0.05) is 13.6 Å². The highest BCUT2D eigenvalue weighted by Crippen LogP contribution is 2.25. The minimum absolute atomic E-state index is 0.108. The molecule has 0 radical (unpaired) electrons. The third-order valence-electron chi connectivity index (χ3n) is 2.87. The largest absolute Gasteiger partial charge is 0.340 e. The van der Waals surface area contributed by atoms with Gasteiger partial charge in [0.1, 0.15) is 4.90 Å². The molecule has 0 atom stereocenters. The van der Waals surface area contributed by atoms with Gasteiger partial charge >= 0.3 is 0 Å². The molecule has 8 heteroatoms. The van der Waals surface area contributed by atoms with E-state index in [9.17, 15) is 13.2 Å². The molecule has 0 saturated carbocycles. The second-order valence-electron chi connectivity index (χ2n) is 6.74. The van der Waals surface area contributed by atoms with Crippen molar-refractivity contribution in [3.05, 3.63) is 11.4 Å². The third-order valence-corrected chi connectivity index (χ3v) is 3.85. The number of aromatic nitrogens is 2. The first-order chi connectivity index (χ1) is 9.34. The summed E-state index contributed by atoms with van der Waals surface area (Å²) in [5.41, 5.74) is 0.0987. The molecule has 7 nitrogen and oxygen atoms in total. The Labute approximate surface area is 126 Å². The number of amides is 1. The lowest BCUT2D eigenvalue weighted by Crippen LogP contribution is -2.35. The SMILES string of the molecule is CC(C)c1[nH]nc(C(=O)N(C)CC(C)(C)C)c1S(N)(=O)=O. The number of hydrogen-bond donors (Lipinski definition) is 2. The lowest BCUT2D eigenvalue weighted by Gasteiger charge is -2.26. The van der Waals surface area contributed by atoms with Crippen molar-refractivity contribution in [2.24, 2.45) is 10.6 Å². The minimum Gasteiger partial charge on any atom is -0.340 e. The van der Waals surface area contributed by atoms with Crippen molar-refractivity contribution in [3.8, 4) is 0 Å². The van der Waals surface area contributed by atoms with E-state index >= 15 is 0 Å². The normalized spacial score (nSPS) is 12.8. The summed E-state index contributed by atoms with van der Waals surface area (Å²) in [6.07, 6.45) is 0. The van der Waals surface area contributed by atoms with E-state index in [-0.39, 0.29) is 21.9 Å². The monoisotopic (exact) mass is 316 g/mol. The molecule has 0 aliphatic carbocycles. The van der Waals surface area contributed by atoms with Gasteiger partial charge in [-0.2, -0.15) is 5.10 Å². The van der Waals surface area contributed by atoms with Crippen molar-refractivity contribution in [1.82, 2.24) is 15.1 Å². The number of H-pyrrole nitrogens is 1. The molecule has 1 aromatic rings. The summed E-state index contributed by atoms with van der Waals surface area (Å²) >= 11 is 0.